The van der Waals surface area contributed by atoms with Gasteiger partial charge >= 0.3 is 12.1 Å². The van der Waals surface area contributed by atoms with Crippen LogP contribution in [0.2, 0.25) is 0 Å². The Bertz CT molecular complexity index is 391. The van der Waals surface area contributed by atoms with E-state index in [-0.39, 0.29) is 6.42 Å². The predicted molar refractivity (Wildman–Crippen MR) is 78.1 cm³/mol. The first-order valence-corrected chi connectivity index (χ1v) is 7.43. The number of alkyl carbamates (subject to hydrolysis) is 1. The average molecular weight is 301 g/mol. The Morgan fingerprint density at radius 2 is 1.67 bits per heavy atom. The van der Waals surface area contributed by atoms with E-state index >= 15 is 0 Å². The van der Waals surface area contributed by atoms with Crippen molar-refractivity contribution in [2.45, 2.75) is 83.0 Å². The SMILES string of the molecule is CC(C)(C)OC(=O)NC1(CC(C)(O)C(=O)O)CCCCC1. The quantitative estimate of drug-likeness (QED) is 0.741. The van der Waals surface area contributed by atoms with Gasteiger partial charge in [-0.3, -0.25) is 0 Å². The van der Waals surface area contributed by atoms with Crippen LogP contribution in [0.4, 0.5) is 4.79 Å². The highest BCUT2D eigenvalue weighted by Gasteiger charge is 2.44. The molecular weight excluding hydrogens is 274 g/mol. The van der Waals surface area contributed by atoms with Crippen LogP contribution >= 0.6 is 0 Å². The van der Waals surface area contributed by atoms with Crippen LogP contribution in [-0.4, -0.2) is 39.0 Å². The number of aliphatic carboxylic acids is 1. The minimum Gasteiger partial charge on any atom is -0.479 e. The first-order valence-electron chi connectivity index (χ1n) is 7.43. The molecule has 1 atom stereocenters. The van der Waals surface area contributed by atoms with E-state index in [1.54, 1.807) is 20.8 Å². The Morgan fingerprint density at radius 3 is 2.10 bits per heavy atom. The monoisotopic (exact) mass is 301 g/mol. The summed E-state index contributed by atoms with van der Waals surface area (Å²) in [5, 5.41) is 22.0. The molecule has 1 amide bonds. The Hall–Kier alpha value is -1.30. The van der Waals surface area contributed by atoms with Crippen LogP contribution in [0.25, 0.3) is 0 Å². The molecule has 3 N–H and O–H groups in total. The number of carbonyl (C=O) groups excluding carboxylic acids is 1. The van der Waals surface area contributed by atoms with Crippen LogP contribution in [-0.2, 0) is 9.53 Å². The number of ether oxygens (including phenoxy) is 1. The lowest BCUT2D eigenvalue weighted by atomic mass is 9.75. The summed E-state index contributed by atoms with van der Waals surface area (Å²) in [6, 6.07) is 0. The Labute approximate surface area is 125 Å². The lowest BCUT2D eigenvalue weighted by molar-refractivity contribution is -0.159. The zero-order valence-corrected chi connectivity index (χ0v) is 13.4. The molecule has 0 aromatic rings. The van der Waals surface area contributed by atoms with Crippen LogP contribution < -0.4 is 5.32 Å². The fourth-order valence-corrected chi connectivity index (χ4v) is 2.83. The van der Waals surface area contributed by atoms with Crippen molar-refractivity contribution in [3.05, 3.63) is 0 Å². The standard InChI is InChI=1S/C15H27NO5/c1-13(2,3)21-12(19)16-15(8-6-5-7-9-15)10-14(4,20)11(17)18/h20H,5-10H2,1-4H3,(H,16,19)(H,17,18). The topological polar surface area (TPSA) is 95.9 Å². The molecule has 21 heavy (non-hydrogen) atoms. The second-order valence-electron chi connectivity index (χ2n) is 7.22. The number of aliphatic hydroxyl groups is 1. The van der Waals surface area contributed by atoms with Gasteiger partial charge in [0.2, 0.25) is 0 Å². The summed E-state index contributed by atoms with van der Waals surface area (Å²) in [5.74, 6) is -1.28. The number of nitrogens with one attached hydrogen (secondary N) is 1. The molecule has 0 aliphatic heterocycles. The Morgan fingerprint density at radius 1 is 1.14 bits per heavy atom. The third kappa shape index (κ3) is 5.53. The Balaban J connectivity index is 2.84. The molecule has 0 radical (unpaired) electrons. The molecular formula is C15H27NO5. The molecule has 0 spiro atoms. The lowest BCUT2D eigenvalue weighted by Gasteiger charge is -2.41. The van der Waals surface area contributed by atoms with E-state index in [4.69, 9.17) is 9.84 Å². The van der Waals surface area contributed by atoms with Crippen LogP contribution in [0.15, 0.2) is 0 Å². The number of hydrogen-bond acceptors (Lipinski definition) is 4. The molecule has 6 nitrogen and oxygen atoms in total. The molecule has 0 aromatic heterocycles. The van der Waals surface area contributed by atoms with Crippen molar-refractivity contribution >= 4 is 12.1 Å². The fraction of sp³-hybridized carbons (Fsp3) is 0.867. The van der Waals surface area contributed by atoms with Gasteiger partial charge < -0.3 is 20.3 Å². The molecule has 1 saturated carbocycles. The molecule has 0 heterocycles. The second kappa shape index (κ2) is 6.22. The van der Waals surface area contributed by atoms with Gasteiger partial charge in [-0.2, -0.15) is 0 Å². The van der Waals surface area contributed by atoms with Gasteiger partial charge in [0.25, 0.3) is 0 Å². The van der Waals surface area contributed by atoms with E-state index in [2.05, 4.69) is 5.32 Å². The van der Waals surface area contributed by atoms with E-state index in [9.17, 15) is 14.7 Å². The highest BCUT2D eigenvalue weighted by Crippen LogP contribution is 2.35. The van der Waals surface area contributed by atoms with Gasteiger partial charge in [0.15, 0.2) is 5.60 Å². The van der Waals surface area contributed by atoms with Gasteiger partial charge in [0.1, 0.15) is 5.60 Å². The third-order valence-electron chi connectivity index (χ3n) is 3.72. The van der Waals surface area contributed by atoms with E-state index in [1.165, 1.54) is 6.92 Å². The molecule has 0 aromatic carbocycles. The van der Waals surface area contributed by atoms with Crippen molar-refractivity contribution in [2.75, 3.05) is 0 Å². The average Bonchev–Trinajstić information content (AvgIpc) is 2.25. The van der Waals surface area contributed by atoms with Crippen molar-refractivity contribution in [1.29, 1.82) is 0 Å². The van der Waals surface area contributed by atoms with Gasteiger partial charge in [-0.15, -0.1) is 0 Å². The molecule has 0 bridgehead atoms. The van der Waals surface area contributed by atoms with E-state index in [1.807, 2.05) is 0 Å². The molecule has 6 heteroatoms. The number of hydrogen-bond donors (Lipinski definition) is 3. The number of amides is 1. The van der Waals surface area contributed by atoms with Crippen LogP contribution in [0.3, 0.4) is 0 Å². The fourth-order valence-electron chi connectivity index (χ4n) is 2.83. The number of carboxylic acid groups (broad SMARTS) is 1. The smallest absolute Gasteiger partial charge is 0.408 e. The van der Waals surface area contributed by atoms with Crippen molar-refractivity contribution in [1.82, 2.24) is 5.32 Å². The molecule has 0 saturated heterocycles. The summed E-state index contributed by atoms with van der Waals surface area (Å²) in [5.41, 5.74) is -3.20. The molecule has 1 unspecified atom stereocenters. The molecule has 1 aliphatic carbocycles. The summed E-state index contributed by atoms with van der Waals surface area (Å²) >= 11 is 0. The van der Waals surface area contributed by atoms with Gasteiger partial charge in [0, 0.05) is 12.0 Å². The van der Waals surface area contributed by atoms with Crippen molar-refractivity contribution < 1.29 is 24.5 Å². The maximum absolute atomic E-state index is 12.0. The summed E-state index contributed by atoms with van der Waals surface area (Å²) in [6.07, 6.45) is 3.55. The third-order valence-corrected chi connectivity index (χ3v) is 3.72. The van der Waals surface area contributed by atoms with E-state index in [0.29, 0.717) is 12.8 Å². The van der Waals surface area contributed by atoms with E-state index < -0.39 is 28.8 Å². The van der Waals surface area contributed by atoms with Crippen LogP contribution in [0.5, 0.6) is 0 Å². The van der Waals surface area contributed by atoms with Gasteiger partial charge in [-0.05, 0) is 40.5 Å². The van der Waals surface area contributed by atoms with Gasteiger partial charge in [-0.25, -0.2) is 9.59 Å². The minimum atomic E-state index is -1.87. The molecule has 1 aliphatic rings. The zero-order valence-electron chi connectivity index (χ0n) is 13.4. The molecule has 1 fully saturated rings. The molecule has 122 valence electrons. The van der Waals surface area contributed by atoms with Crippen LogP contribution in [0.1, 0.15) is 66.2 Å². The molecule has 1 rings (SSSR count). The van der Waals surface area contributed by atoms with E-state index in [0.717, 1.165) is 19.3 Å². The maximum atomic E-state index is 12.0. The predicted octanol–water partition coefficient (Wildman–Crippen LogP) is 2.44. The van der Waals surface area contributed by atoms with Gasteiger partial charge in [0.05, 0.1) is 0 Å². The number of carboxylic acids is 1. The Kier molecular flexibility index (Phi) is 5.25. The zero-order chi connectivity index (χ0) is 16.3. The summed E-state index contributed by atoms with van der Waals surface area (Å²) in [6.45, 7) is 6.58. The highest BCUT2D eigenvalue weighted by atomic mass is 16.6. The second-order valence-corrected chi connectivity index (χ2v) is 7.22. The summed E-state index contributed by atoms with van der Waals surface area (Å²) < 4.78 is 5.26. The number of carbonyl (C=O) groups is 2. The van der Waals surface area contributed by atoms with Gasteiger partial charge in [-0.1, -0.05) is 19.3 Å². The normalized spacial score (nSPS) is 21.2. The summed E-state index contributed by atoms with van der Waals surface area (Å²) in [7, 11) is 0. The number of rotatable bonds is 4. The lowest BCUT2D eigenvalue weighted by Crippen LogP contribution is -2.56. The highest BCUT2D eigenvalue weighted by molar-refractivity contribution is 5.77. The first kappa shape index (κ1) is 17.8. The van der Waals surface area contributed by atoms with Crippen molar-refractivity contribution in [3.63, 3.8) is 0 Å². The largest absolute Gasteiger partial charge is 0.479 e. The van der Waals surface area contributed by atoms with Crippen LogP contribution in [0, 0.1) is 0 Å². The first-order chi connectivity index (χ1) is 9.46. The van der Waals surface area contributed by atoms with Crippen molar-refractivity contribution in [3.8, 4) is 0 Å². The minimum absolute atomic E-state index is 0.0193. The summed E-state index contributed by atoms with van der Waals surface area (Å²) in [4.78, 5) is 23.2. The van der Waals surface area contributed by atoms with Crippen molar-refractivity contribution in [2.24, 2.45) is 0 Å². The maximum Gasteiger partial charge on any atom is 0.408 e.